The highest BCUT2D eigenvalue weighted by atomic mass is 19.2. The SMILES string of the molecule is Cc1ccc(C)c(OCC(=O)NCCNC(=O)c2ccc(F)c(F)c2F)c1C. The molecule has 0 aliphatic rings. The summed E-state index contributed by atoms with van der Waals surface area (Å²) in [7, 11) is 0. The minimum atomic E-state index is -1.71. The van der Waals surface area contributed by atoms with Crippen molar-refractivity contribution >= 4 is 11.8 Å². The first-order valence-electron chi connectivity index (χ1n) is 8.60. The summed E-state index contributed by atoms with van der Waals surface area (Å²) in [5.41, 5.74) is 2.30. The quantitative estimate of drug-likeness (QED) is 0.561. The van der Waals surface area contributed by atoms with Gasteiger partial charge in [-0.05, 0) is 49.6 Å². The molecule has 2 amide bonds. The van der Waals surface area contributed by atoms with Gasteiger partial charge in [-0.1, -0.05) is 12.1 Å². The van der Waals surface area contributed by atoms with E-state index in [0.29, 0.717) is 11.8 Å². The van der Waals surface area contributed by atoms with Crippen LogP contribution in [0.25, 0.3) is 0 Å². The van der Waals surface area contributed by atoms with Crippen LogP contribution in [0.5, 0.6) is 5.75 Å². The molecule has 0 saturated carbocycles. The van der Waals surface area contributed by atoms with E-state index in [4.69, 9.17) is 4.74 Å². The molecule has 0 aromatic heterocycles. The van der Waals surface area contributed by atoms with Crippen molar-refractivity contribution < 1.29 is 27.5 Å². The normalized spacial score (nSPS) is 10.5. The smallest absolute Gasteiger partial charge is 0.258 e. The van der Waals surface area contributed by atoms with Gasteiger partial charge in [-0.3, -0.25) is 9.59 Å². The molecule has 0 unspecified atom stereocenters. The second kappa shape index (κ2) is 9.25. The van der Waals surface area contributed by atoms with Gasteiger partial charge < -0.3 is 15.4 Å². The van der Waals surface area contributed by atoms with Crippen LogP contribution in [0.1, 0.15) is 27.0 Å². The number of ether oxygens (including phenoxy) is 1. The Morgan fingerprint density at radius 2 is 1.54 bits per heavy atom. The Hall–Kier alpha value is -3.03. The Morgan fingerprint density at radius 1 is 0.893 bits per heavy atom. The summed E-state index contributed by atoms with van der Waals surface area (Å²) < 4.78 is 45.1. The topological polar surface area (TPSA) is 67.4 Å². The van der Waals surface area contributed by atoms with Crippen LogP contribution in [-0.2, 0) is 4.79 Å². The van der Waals surface area contributed by atoms with E-state index in [1.165, 1.54) is 0 Å². The number of benzene rings is 2. The van der Waals surface area contributed by atoms with E-state index in [1.54, 1.807) is 0 Å². The number of aryl methyl sites for hydroxylation is 2. The molecule has 0 spiro atoms. The molecule has 2 aromatic rings. The molecule has 8 heteroatoms. The lowest BCUT2D eigenvalue weighted by molar-refractivity contribution is -0.123. The maximum atomic E-state index is 13.5. The lowest BCUT2D eigenvalue weighted by Crippen LogP contribution is -2.37. The van der Waals surface area contributed by atoms with Gasteiger partial charge in [0.1, 0.15) is 5.75 Å². The largest absolute Gasteiger partial charge is 0.483 e. The lowest BCUT2D eigenvalue weighted by Gasteiger charge is -2.14. The van der Waals surface area contributed by atoms with Gasteiger partial charge in [-0.2, -0.15) is 0 Å². The van der Waals surface area contributed by atoms with Gasteiger partial charge in [-0.15, -0.1) is 0 Å². The molecular weight excluding hydrogens is 373 g/mol. The molecule has 0 heterocycles. The summed E-state index contributed by atoms with van der Waals surface area (Å²) in [6.45, 7) is 5.57. The first kappa shape index (κ1) is 21.3. The van der Waals surface area contributed by atoms with Crippen molar-refractivity contribution in [2.24, 2.45) is 0 Å². The fourth-order valence-corrected chi connectivity index (χ4v) is 2.51. The number of hydrogen-bond donors (Lipinski definition) is 2. The molecule has 0 radical (unpaired) electrons. The zero-order chi connectivity index (χ0) is 20.8. The first-order chi connectivity index (χ1) is 13.2. The van der Waals surface area contributed by atoms with E-state index in [-0.39, 0.29) is 19.7 Å². The molecule has 0 aliphatic heterocycles. The molecule has 0 bridgehead atoms. The number of hydrogen-bond acceptors (Lipinski definition) is 3. The number of carbonyl (C=O) groups excluding carboxylic acids is 2. The number of carbonyl (C=O) groups is 2. The Balaban J connectivity index is 1.78. The molecule has 150 valence electrons. The van der Waals surface area contributed by atoms with Crippen LogP contribution < -0.4 is 15.4 Å². The summed E-state index contributed by atoms with van der Waals surface area (Å²) >= 11 is 0. The van der Waals surface area contributed by atoms with Crippen molar-refractivity contribution in [3.63, 3.8) is 0 Å². The third-order valence-corrected chi connectivity index (χ3v) is 4.23. The van der Waals surface area contributed by atoms with Crippen LogP contribution in [0.4, 0.5) is 13.2 Å². The highest BCUT2D eigenvalue weighted by Crippen LogP contribution is 2.25. The number of halogens is 3. The van der Waals surface area contributed by atoms with Crippen LogP contribution in [0.15, 0.2) is 24.3 Å². The van der Waals surface area contributed by atoms with Crippen LogP contribution in [-0.4, -0.2) is 31.5 Å². The predicted molar refractivity (Wildman–Crippen MR) is 97.8 cm³/mol. The van der Waals surface area contributed by atoms with Gasteiger partial charge in [0.2, 0.25) is 0 Å². The van der Waals surface area contributed by atoms with Gasteiger partial charge in [0, 0.05) is 13.1 Å². The highest BCUT2D eigenvalue weighted by molar-refractivity contribution is 5.94. The van der Waals surface area contributed by atoms with Crippen LogP contribution >= 0.6 is 0 Å². The minimum Gasteiger partial charge on any atom is -0.483 e. The van der Waals surface area contributed by atoms with Crippen molar-refractivity contribution in [2.45, 2.75) is 20.8 Å². The standard InChI is InChI=1S/C20H21F3N2O3/c1-11-4-5-12(2)19(13(11)3)28-10-16(26)24-8-9-25-20(27)14-6-7-15(21)18(23)17(14)22/h4-7H,8-10H2,1-3H3,(H,24,26)(H,25,27). The van der Waals surface area contributed by atoms with Crippen molar-refractivity contribution in [3.8, 4) is 5.75 Å². The van der Waals surface area contributed by atoms with Gasteiger partial charge in [0.05, 0.1) is 5.56 Å². The van der Waals surface area contributed by atoms with Crippen LogP contribution in [0.3, 0.4) is 0 Å². The summed E-state index contributed by atoms with van der Waals surface area (Å²) in [6, 6.07) is 5.39. The molecular formula is C20H21F3N2O3. The third kappa shape index (κ3) is 5.03. The number of amides is 2. The van der Waals surface area contributed by atoms with E-state index < -0.39 is 34.8 Å². The molecule has 5 nitrogen and oxygen atoms in total. The molecule has 0 saturated heterocycles. The minimum absolute atomic E-state index is 0.0223. The van der Waals surface area contributed by atoms with Gasteiger partial charge in [0.15, 0.2) is 24.1 Å². The zero-order valence-electron chi connectivity index (χ0n) is 15.8. The highest BCUT2D eigenvalue weighted by Gasteiger charge is 2.18. The van der Waals surface area contributed by atoms with Crippen molar-refractivity contribution in [2.75, 3.05) is 19.7 Å². The molecule has 28 heavy (non-hydrogen) atoms. The molecule has 2 N–H and O–H groups in total. The first-order valence-corrected chi connectivity index (χ1v) is 8.60. The van der Waals surface area contributed by atoms with E-state index in [1.807, 2.05) is 32.9 Å². The summed E-state index contributed by atoms with van der Waals surface area (Å²) in [4.78, 5) is 23.7. The Bertz CT molecular complexity index is 901. The Morgan fingerprint density at radius 3 is 2.25 bits per heavy atom. The van der Waals surface area contributed by atoms with Gasteiger partial charge in [0.25, 0.3) is 11.8 Å². The summed E-state index contributed by atoms with van der Waals surface area (Å²) in [6.07, 6.45) is 0. The number of rotatable bonds is 7. The second-order valence-corrected chi connectivity index (χ2v) is 6.27. The molecule has 2 rings (SSSR count). The second-order valence-electron chi connectivity index (χ2n) is 6.27. The Labute approximate surface area is 160 Å². The van der Waals surface area contributed by atoms with Crippen molar-refractivity contribution in [1.29, 1.82) is 0 Å². The molecule has 0 atom stereocenters. The maximum absolute atomic E-state index is 13.5. The fraction of sp³-hybridized carbons (Fsp3) is 0.300. The lowest BCUT2D eigenvalue weighted by atomic mass is 10.1. The fourth-order valence-electron chi connectivity index (χ4n) is 2.51. The maximum Gasteiger partial charge on any atom is 0.258 e. The monoisotopic (exact) mass is 394 g/mol. The van der Waals surface area contributed by atoms with Crippen molar-refractivity contribution in [1.82, 2.24) is 10.6 Å². The van der Waals surface area contributed by atoms with E-state index in [0.717, 1.165) is 22.8 Å². The molecule has 0 fully saturated rings. The average molecular weight is 394 g/mol. The third-order valence-electron chi connectivity index (χ3n) is 4.23. The van der Waals surface area contributed by atoms with E-state index in [2.05, 4.69) is 10.6 Å². The summed E-state index contributed by atoms with van der Waals surface area (Å²) in [5.74, 6) is -5.29. The molecule has 0 aliphatic carbocycles. The van der Waals surface area contributed by atoms with Crippen molar-refractivity contribution in [3.05, 3.63) is 64.0 Å². The van der Waals surface area contributed by atoms with E-state index in [9.17, 15) is 22.8 Å². The Kier molecular flexibility index (Phi) is 7.03. The number of nitrogens with one attached hydrogen (secondary N) is 2. The van der Waals surface area contributed by atoms with Crippen LogP contribution in [0.2, 0.25) is 0 Å². The molecule has 2 aromatic carbocycles. The average Bonchev–Trinajstić information content (AvgIpc) is 2.66. The predicted octanol–water partition coefficient (Wildman–Crippen LogP) is 2.95. The van der Waals surface area contributed by atoms with E-state index >= 15 is 0 Å². The van der Waals surface area contributed by atoms with Crippen LogP contribution in [0, 0.1) is 38.2 Å². The van der Waals surface area contributed by atoms with Gasteiger partial charge >= 0.3 is 0 Å². The summed E-state index contributed by atoms with van der Waals surface area (Å²) in [5, 5.41) is 4.86. The van der Waals surface area contributed by atoms with Gasteiger partial charge in [-0.25, -0.2) is 13.2 Å². The zero-order valence-corrected chi connectivity index (χ0v) is 15.8.